The Labute approximate surface area is 171 Å². The van der Waals surface area contributed by atoms with Gasteiger partial charge in [-0.05, 0) is 41.8 Å². The first-order chi connectivity index (χ1) is 13.9. The van der Waals surface area contributed by atoms with Gasteiger partial charge in [0.15, 0.2) is 0 Å². The highest BCUT2D eigenvalue weighted by molar-refractivity contribution is 6.00. The molecule has 1 atom stereocenters. The van der Waals surface area contributed by atoms with Crippen LogP contribution in [0.15, 0.2) is 48.5 Å². The topological polar surface area (TPSA) is 69.7 Å². The van der Waals surface area contributed by atoms with E-state index in [-0.39, 0.29) is 30.1 Å². The molecule has 0 saturated carbocycles. The molecule has 0 spiro atoms. The van der Waals surface area contributed by atoms with E-state index in [9.17, 15) is 14.4 Å². The minimum atomic E-state index is -0.344. The number of nitrogens with zero attached hydrogens (tertiary/aromatic N) is 2. The molecule has 0 radical (unpaired) electrons. The first-order valence-electron chi connectivity index (χ1n) is 9.88. The van der Waals surface area contributed by atoms with Crippen LogP contribution >= 0.6 is 0 Å². The lowest BCUT2D eigenvalue weighted by Crippen LogP contribution is -2.34. The van der Waals surface area contributed by atoms with Gasteiger partial charge in [0.25, 0.3) is 5.91 Å². The van der Waals surface area contributed by atoms with E-state index in [1.54, 1.807) is 36.0 Å². The lowest BCUT2D eigenvalue weighted by molar-refractivity contribution is -0.135. The van der Waals surface area contributed by atoms with Gasteiger partial charge in [-0.15, -0.1) is 0 Å². The maximum Gasteiger partial charge on any atom is 0.251 e. The van der Waals surface area contributed by atoms with E-state index in [1.807, 2.05) is 36.4 Å². The highest BCUT2D eigenvalue weighted by atomic mass is 16.2. The third-order valence-corrected chi connectivity index (χ3v) is 5.37. The molecule has 2 aromatic rings. The summed E-state index contributed by atoms with van der Waals surface area (Å²) in [7, 11) is 3.34. The highest BCUT2D eigenvalue weighted by Gasteiger charge is 2.36. The third kappa shape index (κ3) is 4.65. The molecule has 2 aromatic carbocycles. The van der Waals surface area contributed by atoms with E-state index in [1.165, 1.54) is 5.56 Å². The second-order valence-corrected chi connectivity index (χ2v) is 7.40. The van der Waals surface area contributed by atoms with Crippen LogP contribution in [0.3, 0.4) is 0 Å². The Morgan fingerprint density at radius 1 is 1.07 bits per heavy atom. The van der Waals surface area contributed by atoms with E-state index >= 15 is 0 Å². The normalized spacial score (nSPS) is 16.0. The number of carbonyl (C=O) groups is 3. The molecule has 1 aliphatic rings. The van der Waals surface area contributed by atoms with Crippen LogP contribution < -0.4 is 10.2 Å². The summed E-state index contributed by atoms with van der Waals surface area (Å²) < 4.78 is 0. The summed E-state index contributed by atoms with van der Waals surface area (Å²) in [6.45, 7) is 2.93. The molecule has 1 saturated heterocycles. The second kappa shape index (κ2) is 8.90. The van der Waals surface area contributed by atoms with Gasteiger partial charge in [0.2, 0.25) is 11.8 Å². The molecule has 152 valence electrons. The number of hydrogen-bond acceptors (Lipinski definition) is 3. The summed E-state index contributed by atoms with van der Waals surface area (Å²) in [5.41, 5.74) is 3.58. The van der Waals surface area contributed by atoms with E-state index in [2.05, 4.69) is 12.2 Å². The van der Waals surface area contributed by atoms with Crippen LogP contribution in [0, 0.1) is 5.92 Å². The Hall–Kier alpha value is -3.15. The van der Waals surface area contributed by atoms with Crippen molar-refractivity contribution in [3.63, 3.8) is 0 Å². The number of aryl methyl sites for hydroxylation is 1. The summed E-state index contributed by atoms with van der Waals surface area (Å²) in [6.07, 6.45) is 1.18. The largest absolute Gasteiger partial charge is 0.355 e. The van der Waals surface area contributed by atoms with Gasteiger partial charge in [-0.1, -0.05) is 31.2 Å². The Bertz CT molecular complexity index is 891. The van der Waals surface area contributed by atoms with Gasteiger partial charge in [-0.3, -0.25) is 14.4 Å². The fourth-order valence-electron chi connectivity index (χ4n) is 3.60. The molecule has 0 aliphatic carbocycles. The molecule has 1 fully saturated rings. The van der Waals surface area contributed by atoms with Crippen LogP contribution in [0.1, 0.15) is 34.8 Å². The molecule has 3 rings (SSSR count). The molecule has 29 heavy (non-hydrogen) atoms. The number of amides is 3. The maximum atomic E-state index is 12.9. The molecule has 0 aromatic heterocycles. The highest BCUT2D eigenvalue weighted by Crippen LogP contribution is 2.27. The summed E-state index contributed by atoms with van der Waals surface area (Å²) in [4.78, 5) is 40.3. The number of rotatable bonds is 6. The molecule has 1 heterocycles. The number of nitrogens with one attached hydrogen (secondary N) is 1. The fraction of sp³-hybridized carbons (Fsp3) is 0.348. The molecule has 6 heteroatoms. The van der Waals surface area contributed by atoms with Crippen LogP contribution in [-0.2, 0) is 22.6 Å². The van der Waals surface area contributed by atoms with E-state index in [4.69, 9.17) is 0 Å². The summed E-state index contributed by atoms with van der Waals surface area (Å²) >= 11 is 0. The van der Waals surface area contributed by atoms with Crippen molar-refractivity contribution >= 4 is 23.4 Å². The Morgan fingerprint density at radius 2 is 1.69 bits per heavy atom. The molecule has 3 amide bonds. The fourth-order valence-corrected chi connectivity index (χ4v) is 3.60. The molecule has 1 N–H and O–H groups in total. The first kappa shape index (κ1) is 20.6. The molecular weight excluding hydrogens is 366 g/mol. The van der Waals surface area contributed by atoms with Crippen LogP contribution in [0.25, 0.3) is 0 Å². The Kier molecular flexibility index (Phi) is 6.32. The van der Waals surface area contributed by atoms with Gasteiger partial charge in [0.05, 0.1) is 5.92 Å². The smallest absolute Gasteiger partial charge is 0.251 e. The van der Waals surface area contributed by atoms with Gasteiger partial charge in [0.1, 0.15) is 0 Å². The van der Waals surface area contributed by atoms with Crippen LogP contribution in [0.4, 0.5) is 5.69 Å². The van der Waals surface area contributed by atoms with Gasteiger partial charge < -0.3 is 15.1 Å². The summed E-state index contributed by atoms with van der Waals surface area (Å²) in [5.74, 6) is -0.543. The SMILES string of the molecule is CCc1ccc(N2CC(C(=O)N(C)Cc3ccc(C(=O)NC)cc3)CC2=O)cc1. The van der Waals surface area contributed by atoms with Crippen LogP contribution in [-0.4, -0.2) is 43.3 Å². The van der Waals surface area contributed by atoms with Gasteiger partial charge in [0, 0.05) is 44.9 Å². The minimum absolute atomic E-state index is 0.0177. The second-order valence-electron chi connectivity index (χ2n) is 7.40. The Balaban J connectivity index is 1.62. The average molecular weight is 393 g/mol. The zero-order valence-electron chi connectivity index (χ0n) is 17.1. The molecule has 1 unspecified atom stereocenters. The Morgan fingerprint density at radius 3 is 2.28 bits per heavy atom. The molecule has 6 nitrogen and oxygen atoms in total. The molecule has 1 aliphatic heterocycles. The zero-order chi connectivity index (χ0) is 21.0. The zero-order valence-corrected chi connectivity index (χ0v) is 17.1. The van der Waals surface area contributed by atoms with Crippen molar-refractivity contribution in [1.29, 1.82) is 0 Å². The van der Waals surface area contributed by atoms with Crippen molar-refractivity contribution in [1.82, 2.24) is 10.2 Å². The van der Waals surface area contributed by atoms with Gasteiger partial charge in [-0.2, -0.15) is 0 Å². The number of anilines is 1. The van der Waals surface area contributed by atoms with Crippen molar-refractivity contribution in [2.45, 2.75) is 26.3 Å². The predicted molar refractivity (Wildman–Crippen MR) is 113 cm³/mol. The van der Waals surface area contributed by atoms with Crippen LogP contribution in [0.2, 0.25) is 0 Å². The van der Waals surface area contributed by atoms with Crippen molar-refractivity contribution < 1.29 is 14.4 Å². The monoisotopic (exact) mass is 393 g/mol. The summed E-state index contributed by atoms with van der Waals surface area (Å²) in [6, 6.07) is 15.1. The van der Waals surface area contributed by atoms with E-state index in [0.29, 0.717) is 18.7 Å². The molecule has 0 bridgehead atoms. The first-order valence-corrected chi connectivity index (χ1v) is 9.88. The number of benzene rings is 2. The number of carbonyl (C=O) groups excluding carboxylic acids is 3. The quantitative estimate of drug-likeness (QED) is 0.820. The van der Waals surface area contributed by atoms with E-state index in [0.717, 1.165) is 17.7 Å². The standard InChI is InChI=1S/C23H27N3O3/c1-4-16-7-11-20(12-8-16)26-15-19(13-21(26)27)23(29)25(3)14-17-5-9-18(10-6-17)22(28)24-2/h5-12,19H,4,13-15H2,1-3H3,(H,24,28). The van der Waals surface area contributed by atoms with Gasteiger partial charge >= 0.3 is 0 Å². The lowest BCUT2D eigenvalue weighted by Gasteiger charge is -2.22. The number of hydrogen-bond donors (Lipinski definition) is 1. The molecular formula is C23H27N3O3. The van der Waals surface area contributed by atoms with Gasteiger partial charge in [-0.25, -0.2) is 0 Å². The third-order valence-electron chi connectivity index (χ3n) is 5.37. The average Bonchev–Trinajstić information content (AvgIpc) is 3.14. The lowest BCUT2D eigenvalue weighted by atomic mass is 10.1. The predicted octanol–water partition coefficient (Wildman–Crippen LogP) is 2.62. The summed E-state index contributed by atoms with van der Waals surface area (Å²) in [5, 5.41) is 2.58. The maximum absolute atomic E-state index is 12.9. The van der Waals surface area contributed by atoms with Crippen molar-refractivity contribution in [3.05, 3.63) is 65.2 Å². The van der Waals surface area contributed by atoms with E-state index < -0.39 is 0 Å². The van der Waals surface area contributed by atoms with Crippen LogP contribution in [0.5, 0.6) is 0 Å². The minimum Gasteiger partial charge on any atom is -0.355 e. The van der Waals surface area contributed by atoms with Crippen molar-refractivity contribution in [2.75, 3.05) is 25.5 Å². The van der Waals surface area contributed by atoms with Crippen molar-refractivity contribution in [3.8, 4) is 0 Å². The van der Waals surface area contributed by atoms with Crippen molar-refractivity contribution in [2.24, 2.45) is 5.92 Å².